The van der Waals surface area contributed by atoms with E-state index in [4.69, 9.17) is 4.52 Å². The summed E-state index contributed by atoms with van der Waals surface area (Å²) in [5.41, 5.74) is 2.35. The summed E-state index contributed by atoms with van der Waals surface area (Å²) in [7, 11) is 0. The maximum absolute atomic E-state index is 13.3. The summed E-state index contributed by atoms with van der Waals surface area (Å²) in [5, 5.41) is 6.43. The van der Waals surface area contributed by atoms with E-state index in [1.807, 2.05) is 0 Å². The molecule has 6 nitrogen and oxygen atoms in total. The summed E-state index contributed by atoms with van der Waals surface area (Å²) >= 11 is 1.36. The van der Waals surface area contributed by atoms with Crippen LogP contribution in [0, 0.1) is 11.8 Å². The zero-order valence-corrected chi connectivity index (χ0v) is 18.1. The van der Waals surface area contributed by atoms with Gasteiger partial charge in [0.2, 0.25) is 0 Å². The van der Waals surface area contributed by atoms with Crippen molar-refractivity contribution in [2.75, 3.05) is 5.32 Å². The maximum Gasteiger partial charge on any atom is 0.455 e. The molecule has 10 heteroatoms. The van der Waals surface area contributed by atoms with Crippen LogP contribution in [0.3, 0.4) is 0 Å². The molecule has 2 heterocycles. The number of aldehydes is 1. The van der Waals surface area contributed by atoms with Gasteiger partial charge in [0, 0.05) is 16.0 Å². The second-order valence-electron chi connectivity index (χ2n) is 8.68. The van der Waals surface area contributed by atoms with Gasteiger partial charge in [-0.05, 0) is 68.8 Å². The van der Waals surface area contributed by atoms with Crippen molar-refractivity contribution in [3.63, 3.8) is 0 Å². The Morgan fingerprint density at radius 2 is 1.81 bits per heavy atom. The Morgan fingerprint density at radius 1 is 1.09 bits per heavy atom. The van der Waals surface area contributed by atoms with E-state index < -0.39 is 12.0 Å². The van der Waals surface area contributed by atoms with Crippen LogP contribution in [0.25, 0.3) is 11.5 Å². The normalized spacial score (nSPS) is 23.1. The van der Waals surface area contributed by atoms with Crippen molar-refractivity contribution in [1.82, 2.24) is 10.1 Å². The van der Waals surface area contributed by atoms with Gasteiger partial charge in [-0.3, -0.25) is 9.59 Å². The zero-order chi connectivity index (χ0) is 22.5. The first-order valence-corrected chi connectivity index (χ1v) is 11.7. The van der Waals surface area contributed by atoms with Crippen LogP contribution in [0.5, 0.6) is 0 Å². The summed E-state index contributed by atoms with van der Waals surface area (Å²) in [4.78, 5) is 29.6. The molecule has 0 unspecified atom stereocenters. The molecule has 0 atom stereocenters. The smallest absolute Gasteiger partial charge is 0.334 e. The summed E-state index contributed by atoms with van der Waals surface area (Å²) < 4.78 is 44.2. The number of hydrogen-bond acceptors (Lipinski definition) is 6. The first-order chi connectivity index (χ1) is 15.4. The van der Waals surface area contributed by atoms with Crippen molar-refractivity contribution in [3.05, 3.63) is 27.4 Å². The number of carbonyl (C=O) groups excluding carboxylic acids is 2. The molecule has 1 amide bonds. The fraction of sp³-hybridized carbons (Fsp3) is 0.545. The molecular formula is C22H22F3N3O3S. The molecule has 1 saturated carbocycles. The van der Waals surface area contributed by atoms with E-state index in [-0.39, 0.29) is 23.6 Å². The third-order valence-electron chi connectivity index (χ3n) is 6.80. The number of aromatic nitrogens is 2. The van der Waals surface area contributed by atoms with Gasteiger partial charge in [-0.2, -0.15) is 18.2 Å². The predicted octanol–water partition coefficient (Wildman–Crippen LogP) is 5.34. The molecule has 2 aromatic rings. The van der Waals surface area contributed by atoms with Crippen LogP contribution in [0.1, 0.15) is 61.2 Å². The summed E-state index contributed by atoms with van der Waals surface area (Å²) in [5.74, 6) is -1.77. The number of nitrogens with one attached hydrogen (secondary N) is 1. The van der Waals surface area contributed by atoms with Crippen molar-refractivity contribution < 1.29 is 27.3 Å². The van der Waals surface area contributed by atoms with Gasteiger partial charge in [0.05, 0.1) is 5.56 Å². The van der Waals surface area contributed by atoms with Crippen LogP contribution < -0.4 is 5.32 Å². The molecular weight excluding hydrogens is 443 g/mol. The van der Waals surface area contributed by atoms with E-state index in [1.165, 1.54) is 11.3 Å². The highest BCUT2D eigenvalue weighted by Crippen LogP contribution is 2.47. The van der Waals surface area contributed by atoms with Crippen molar-refractivity contribution in [2.45, 2.75) is 64.0 Å². The zero-order valence-electron chi connectivity index (χ0n) is 17.3. The summed E-state index contributed by atoms with van der Waals surface area (Å²) in [6.45, 7) is 0. The highest BCUT2D eigenvalue weighted by Gasteiger charge is 2.40. The number of alkyl halides is 3. The van der Waals surface area contributed by atoms with E-state index in [0.717, 1.165) is 68.1 Å². The second kappa shape index (κ2) is 8.13. The number of hydrogen-bond donors (Lipinski definition) is 1. The first kappa shape index (κ1) is 21.4. The van der Waals surface area contributed by atoms with E-state index in [1.54, 1.807) is 0 Å². The Morgan fingerprint density at radius 3 is 2.50 bits per heavy atom. The summed E-state index contributed by atoms with van der Waals surface area (Å²) in [6, 6.07) is 0. The van der Waals surface area contributed by atoms with Gasteiger partial charge in [-0.25, -0.2) is 0 Å². The van der Waals surface area contributed by atoms with E-state index in [9.17, 15) is 22.8 Å². The van der Waals surface area contributed by atoms with Crippen molar-refractivity contribution in [1.29, 1.82) is 0 Å². The number of anilines is 1. The van der Waals surface area contributed by atoms with Gasteiger partial charge < -0.3 is 9.84 Å². The number of nitrogens with zero attached hydrogens (tertiary/aromatic N) is 2. The molecule has 1 N–H and O–H groups in total. The lowest BCUT2D eigenvalue weighted by molar-refractivity contribution is -0.146. The number of halogens is 3. The Balaban J connectivity index is 1.55. The molecule has 4 aliphatic rings. The topological polar surface area (TPSA) is 85.1 Å². The second-order valence-corrected chi connectivity index (χ2v) is 9.78. The monoisotopic (exact) mass is 465 g/mol. The van der Waals surface area contributed by atoms with E-state index in [0.29, 0.717) is 28.1 Å². The Bertz CT molecular complexity index is 1090. The highest BCUT2D eigenvalue weighted by molar-refractivity contribution is 7.17. The SMILES string of the molecule is O=CC1=C(C(=O)Nc2sc3c(c2-c2nc(C(F)(F)F)no2)CCCCC3)C2CCC1CC2. The highest BCUT2D eigenvalue weighted by atomic mass is 32.1. The van der Waals surface area contributed by atoms with Crippen LogP contribution in [0.2, 0.25) is 0 Å². The molecule has 1 fully saturated rings. The van der Waals surface area contributed by atoms with Crippen LogP contribution in [0.15, 0.2) is 15.7 Å². The molecule has 2 aromatic heterocycles. The fourth-order valence-electron chi connectivity index (χ4n) is 5.29. The van der Waals surface area contributed by atoms with E-state index >= 15 is 0 Å². The third-order valence-corrected chi connectivity index (χ3v) is 8.01. The Kier molecular flexibility index (Phi) is 5.43. The number of thiophene rings is 1. The molecule has 0 spiro atoms. The Hall–Kier alpha value is -2.49. The Labute approximate surface area is 186 Å². The number of aryl methyl sites for hydroxylation is 1. The molecule has 170 valence electrons. The molecule has 0 saturated heterocycles. The van der Waals surface area contributed by atoms with Crippen molar-refractivity contribution in [2.24, 2.45) is 11.8 Å². The van der Waals surface area contributed by atoms with Gasteiger partial charge in [-0.15, -0.1) is 11.3 Å². The summed E-state index contributed by atoms with van der Waals surface area (Å²) in [6.07, 6.45) is 4.01. The average molecular weight is 465 g/mol. The van der Waals surface area contributed by atoms with Crippen molar-refractivity contribution >= 4 is 28.5 Å². The first-order valence-electron chi connectivity index (χ1n) is 10.9. The van der Waals surface area contributed by atoms with Gasteiger partial charge in [0.15, 0.2) is 0 Å². The molecule has 0 aliphatic heterocycles. The van der Waals surface area contributed by atoms with Crippen LogP contribution >= 0.6 is 11.3 Å². The van der Waals surface area contributed by atoms with Crippen LogP contribution in [-0.4, -0.2) is 22.3 Å². The predicted molar refractivity (Wildman–Crippen MR) is 111 cm³/mol. The number of carbonyl (C=O) groups is 2. The lowest BCUT2D eigenvalue weighted by Gasteiger charge is -2.37. The number of fused-ring (bicyclic) bond motifs is 3. The third kappa shape index (κ3) is 3.68. The fourth-order valence-corrected chi connectivity index (χ4v) is 6.57. The molecule has 6 rings (SSSR count). The van der Waals surface area contributed by atoms with Gasteiger partial charge >= 0.3 is 6.18 Å². The molecule has 0 aromatic carbocycles. The lowest BCUT2D eigenvalue weighted by atomic mass is 9.67. The van der Waals surface area contributed by atoms with E-state index in [2.05, 4.69) is 15.5 Å². The quantitative estimate of drug-likeness (QED) is 0.487. The molecule has 2 bridgehead atoms. The maximum atomic E-state index is 13.3. The minimum absolute atomic E-state index is 0.0432. The number of allylic oxidation sites excluding steroid dienone is 1. The number of amides is 1. The van der Waals surface area contributed by atoms with Crippen molar-refractivity contribution in [3.8, 4) is 11.5 Å². The average Bonchev–Trinajstić information content (AvgIpc) is 3.32. The van der Waals surface area contributed by atoms with Crippen LogP contribution in [0.4, 0.5) is 18.2 Å². The lowest BCUT2D eigenvalue weighted by Crippen LogP contribution is -2.33. The van der Waals surface area contributed by atoms with Gasteiger partial charge in [0.25, 0.3) is 17.6 Å². The van der Waals surface area contributed by atoms with Crippen LogP contribution in [-0.2, 0) is 28.6 Å². The molecule has 32 heavy (non-hydrogen) atoms. The standard InChI is InChI=1S/C22H22F3N3O3S/c23-22(24,25)21-27-19(31-28-21)17-13-4-2-1-3-5-15(13)32-20(17)26-18(30)16-12-8-6-11(7-9-12)14(16)10-29/h10-12H,1-9H2,(H,26,30). The largest absolute Gasteiger partial charge is 0.455 e. The van der Waals surface area contributed by atoms with Gasteiger partial charge in [0.1, 0.15) is 11.3 Å². The minimum atomic E-state index is -4.72. The molecule has 0 radical (unpaired) electrons. The number of rotatable bonds is 4. The minimum Gasteiger partial charge on any atom is -0.334 e. The molecule has 4 aliphatic carbocycles. The van der Waals surface area contributed by atoms with Gasteiger partial charge in [-0.1, -0.05) is 11.6 Å².